The fourth-order valence-corrected chi connectivity index (χ4v) is 5.20. The summed E-state index contributed by atoms with van der Waals surface area (Å²) < 4.78 is 35.8. The molecule has 1 amide bonds. The molecule has 10 nitrogen and oxygen atoms in total. The molecule has 2 aromatic carbocycles. The van der Waals surface area contributed by atoms with Crippen molar-refractivity contribution >= 4 is 29.6 Å². The molecule has 1 atom stereocenters. The molecule has 0 radical (unpaired) electrons. The summed E-state index contributed by atoms with van der Waals surface area (Å²) in [5.41, 5.74) is 7.58. The standard InChI is InChI=1S/C28H30FN3O7S/c1-2-37-28(35)39-17-38-26-21(33)11-5-6-14-36-15-13-30-27(34)25(26)32-31-24-19-9-3-4-12-22(19)40-16-18-8-7-10-20(29)23(18)24/h3-5,7-12,24,31-32H,2,6,13-17H2,1H3,(H,30,34)/b11-5-,26-25+/t24-/m1/s1. The van der Waals surface area contributed by atoms with Crippen molar-refractivity contribution < 1.29 is 37.7 Å². The van der Waals surface area contributed by atoms with E-state index in [1.54, 1.807) is 30.8 Å². The van der Waals surface area contributed by atoms with Gasteiger partial charge in [-0.3, -0.25) is 9.59 Å². The van der Waals surface area contributed by atoms with E-state index in [1.165, 1.54) is 12.1 Å². The summed E-state index contributed by atoms with van der Waals surface area (Å²) in [7, 11) is 0. The van der Waals surface area contributed by atoms with E-state index >= 15 is 4.39 Å². The highest BCUT2D eigenvalue weighted by molar-refractivity contribution is 7.98. The number of thioether (sulfide) groups is 1. The molecule has 2 aliphatic rings. The van der Waals surface area contributed by atoms with Gasteiger partial charge in [0.05, 0.1) is 25.9 Å². The first kappa shape index (κ1) is 29.1. The Bertz CT molecular complexity index is 1300. The third kappa shape index (κ3) is 7.40. The van der Waals surface area contributed by atoms with Gasteiger partial charge in [-0.15, -0.1) is 11.8 Å². The highest BCUT2D eigenvalue weighted by atomic mass is 32.2. The Morgan fingerprint density at radius 1 is 1.15 bits per heavy atom. The molecule has 40 heavy (non-hydrogen) atoms. The van der Waals surface area contributed by atoms with Crippen LogP contribution in [0.25, 0.3) is 0 Å². The van der Waals surface area contributed by atoms with E-state index in [9.17, 15) is 14.4 Å². The number of hydrazine groups is 1. The van der Waals surface area contributed by atoms with Crippen LogP contribution in [0.1, 0.15) is 36.1 Å². The SMILES string of the molecule is CCOC(=O)OCO/C1=C(/NN[C@@H]2c3ccccc3SCc3cccc(F)c32)C(=O)NCCOCC/C=C\C1=O. The second kappa shape index (κ2) is 14.5. The van der Waals surface area contributed by atoms with Gasteiger partial charge in [0.25, 0.3) is 5.91 Å². The Balaban J connectivity index is 1.71. The molecule has 212 valence electrons. The van der Waals surface area contributed by atoms with Crippen LogP contribution in [-0.2, 0) is 34.3 Å². The number of allylic oxidation sites excluding steroid dienone is 1. The summed E-state index contributed by atoms with van der Waals surface area (Å²) in [6.45, 7) is 1.79. The zero-order valence-corrected chi connectivity index (χ0v) is 22.7. The van der Waals surface area contributed by atoms with Crippen molar-refractivity contribution in [3.8, 4) is 0 Å². The van der Waals surface area contributed by atoms with Crippen LogP contribution in [0.2, 0.25) is 0 Å². The first-order chi connectivity index (χ1) is 19.5. The lowest BCUT2D eigenvalue weighted by Gasteiger charge is -2.24. The third-order valence-electron chi connectivity index (χ3n) is 5.94. The van der Waals surface area contributed by atoms with Crippen LogP contribution in [-0.4, -0.2) is 51.0 Å². The Morgan fingerprint density at radius 2 is 2.00 bits per heavy atom. The molecule has 12 heteroatoms. The lowest BCUT2D eigenvalue weighted by Crippen LogP contribution is -2.44. The number of hydrogen-bond donors (Lipinski definition) is 3. The minimum atomic E-state index is -0.992. The zero-order valence-electron chi connectivity index (χ0n) is 21.9. The van der Waals surface area contributed by atoms with E-state index in [1.807, 2.05) is 30.3 Å². The Kier molecular flexibility index (Phi) is 10.6. The molecular formula is C28H30FN3O7S. The second-order valence-corrected chi connectivity index (χ2v) is 9.58. The van der Waals surface area contributed by atoms with Crippen molar-refractivity contribution in [3.05, 3.63) is 88.6 Å². The molecule has 0 saturated carbocycles. The Labute approximate surface area is 235 Å². The molecule has 0 fully saturated rings. The molecule has 0 aliphatic carbocycles. The van der Waals surface area contributed by atoms with Crippen LogP contribution in [0.5, 0.6) is 0 Å². The molecular weight excluding hydrogens is 541 g/mol. The molecule has 0 unspecified atom stereocenters. The number of ether oxygens (including phenoxy) is 4. The first-order valence-corrected chi connectivity index (χ1v) is 13.7. The maximum absolute atomic E-state index is 15.3. The quantitative estimate of drug-likeness (QED) is 0.258. The number of halogens is 1. The largest absolute Gasteiger partial charge is 0.511 e. The molecule has 4 rings (SSSR count). The van der Waals surface area contributed by atoms with Crippen molar-refractivity contribution in [2.24, 2.45) is 0 Å². The van der Waals surface area contributed by atoms with Gasteiger partial charge in [0.1, 0.15) is 5.82 Å². The van der Waals surface area contributed by atoms with E-state index < -0.39 is 42.3 Å². The van der Waals surface area contributed by atoms with Crippen molar-refractivity contribution in [1.29, 1.82) is 0 Å². The third-order valence-corrected chi connectivity index (χ3v) is 7.07. The fourth-order valence-electron chi connectivity index (χ4n) is 4.11. The van der Waals surface area contributed by atoms with Crippen LogP contribution in [0.3, 0.4) is 0 Å². The van der Waals surface area contributed by atoms with Crippen molar-refractivity contribution in [1.82, 2.24) is 16.2 Å². The lowest BCUT2D eigenvalue weighted by atomic mass is 9.95. The fraction of sp³-hybridized carbons (Fsp3) is 0.321. The highest BCUT2D eigenvalue weighted by Gasteiger charge is 2.29. The number of carbonyl (C=O) groups excluding carboxylic acids is 3. The highest BCUT2D eigenvalue weighted by Crippen LogP contribution is 2.40. The number of ketones is 1. The van der Waals surface area contributed by atoms with Crippen LogP contribution in [0.15, 0.2) is 71.0 Å². The smallest absolute Gasteiger partial charge is 0.451 e. The van der Waals surface area contributed by atoms with Gasteiger partial charge >= 0.3 is 6.16 Å². The van der Waals surface area contributed by atoms with E-state index in [2.05, 4.69) is 16.2 Å². The van der Waals surface area contributed by atoms with Gasteiger partial charge in [-0.25, -0.2) is 14.6 Å². The van der Waals surface area contributed by atoms with E-state index in [0.717, 1.165) is 16.0 Å². The molecule has 2 aliphatic heterocycles. The lowest BCUT2D eigenvalue weighted by molar-refractivity contribution is -0.121. The van der Waals surface area contributed by atoms with Gasteiger partial charge in [0, 0.05) is 22.8 Å². The molecule has 2 aromatic rings. The summed E-state index contributed by atoms with van der Waals surface area (Å²) in [4.78, 5) is 39.0. The summed E-state index contributed by atoms with van der Waals surface area (Å²) >= 11 is 1.57. The Hall–Kier alpha value is -3.87. The number of fused-ring (bicyclic) bond motifs is 2. The van der Waals surface area contributed by atoms with E-state index in [4.69, 9.17) is 18.9 Å². The number of carbonyl (C=O) groups is 3. The van der Waals surface area contributed by atoms with Crippen LogP contribution < -0.4 is 16.2 Å². The topological polar surface area (TPSA) is 124 Å². The maximum Gasteiger partial charge on any atom is 0.511 e. The number of benzene rings is 2. The summed E-state index contributed by atoms with van der Waals surface area (Å²) in [6, 6.07) is 11.7. The van der Waals surface area contributed by atoms with E-state index in [-0.39, 0.29) is 25.5 Å². The number of hydrogen-bond acceptors (Lipinski definition) is 10. The van der Waals surface area contributed by atoms with Gasteiger partial charge in [-0.1, -0.05) is 36.4 Å². The molecule has 0 spiro atoms. The molecule has 2 heterocycles. The molecule has 0 aromatic heterocycles. The average Bonchev–Trinajstić information content (AvgIpc) is 3.10. The van der Waals surface area contributed by atoms with Crippen LogP contribution >= 0.6 is 11.8 Å². The van der Waals surface area contributed by atoms with Crippen molar-refractivity contribution in [2.75, 3.05) is 33.2 Å². The maximum atomic E-state index is 15.3. The van der Waals surface area contributed by atoms with Gasteiger partial charge in [-0.2, -0.15) is 0 Å². The zero-order chi connectivity index (χ0) is 28.3. The molecule has 0 saturated heterocycles. The minimum absolute atomic E-state index is 0.0869. The summed E-state index contributed by atoms with van der Waals surface area (Å²) in [6.07, 6.45) is 2.30. The van der Waals surface area contributed by atoms with E-state index in [0.29, 0.717) is 24.3 Å². The number of nitrogens with one attached hydrogen (secondary N) is 3. The van der Waals surface area contributed by atoms with Crippen molar-refractivity contribution in [2.45, 2.75) is 30.0 Å². The molecule has 3 N–H and O–H groups in total. The predicted octanol–water partition coefficient (Wildman–Crippen LogP) is 3.64. The monoisotopic (exact) mass is 571 g/mol. The normalized spacial score (nSPS) is 20.4. The summed E-state index contributed by atoms with van der Waals surface area (Å²) in [5.74, 6) is -1.61. The molecule has 0 bridgehead atoms. The van der Waals surface area contributed by atoms with Crippen LogP contribution in [0.4, 0.5) is 9.18 Å². The van der Waals surface area contributed by atoms with Gasteiger partial charge in [0.15, 0.2) is 5.70 Å². The Morgan fingerprint density at radius 3 is 2.85 bits per heavy atom. The second-order valence-electron chi connectivity index (χ2n) is 8.56. The van der Waals surface area contributed by atoms with Gasteiger partial charge in [0.2, 0.25) is 18.3 Å². The summed E-state index contributed by atoms with van der Waals surface area (Å²) in [5, 5.41) is 2.68. The minimum Gasteiger partial charge on any atom is -0.451 e. The predicted molar refractivity (Wildman–Crippen MR) is 144 cm³/mol. The van der Waals surface area contributed by atoms with Gasteiger partial charge in [-0.05, 0) is 42.7 Å². The van der Waals surface area contributed by atoms with Gasteiger partial charge < -0.3 is 29.7 Å². The first-order valence-electron chi connectivity index (χ1n) is 12.7. The van der Waals surface area contributed by atoms with Crippen molar-refractivity contribution in [3.63, 3.8) is 0 Å². The number of amides is 1. The average molecular weight is 572 g/mol. The number of rotatable bonds is 7. The van der Waals surface area contributed by atoms with Crippen LogP contribution in [0, 0.1) is 5.82 Å².